The predicted molar refractivity (Wildman–Crippen MR) is 57.7 cm³/mol. The molecule has 1 amide bonds. The predicted octanol–water partition coefficient (Wildman–Crippen LogP) is 0.715. The van der Waals surface area contributed by atoms with Gasteiger partial charge in [-0.1, -0.05) is 33.1 Å². The van der Waals surface area contributed by atoms with Gasteiger partial charge in [-0.15, -0.1) is 0 Å². The van der Waals surface area contributed by atoms with E-state index in [1.165, 1.54) is 6.08 Å². The molecule has 0 saturated heterocycles. The maximum absolute atomic E-state index is 11.3. The first-order valence-electron chi connectivity index (χ1n) is 4.28. The molecule has 0 aliphatic heterocycles. The van der Waals surface area contributed by atoms with Gasteiger partial charge < -0.3 is 5.32 Å². The van der Waals surface area contributed by atoms with E-state index in [1.54, 1.807) is 13.8 Å². The molecule has 0 saturated carbocycles. The van der Waals surface area contributed by atoms with Crippen molar-refractivity contribution in [3.8, 4) is 0 Å². The van der Waals surface area contributed by atoms with Crippen molar-refractivity contribution in [3.63, 3.8) is 0 Å². The van der Waals surface area contributed by atoms with Crippen molar-refractivity contribution in [2.75, 3.05) is 0 Å². The first-order chi connectivity index (χ1) is 6.70. The van der Waals surface area contributed by atoms with E-state index in [-0.39, 0.29) is 5.57 Å². The first kappa shape index (κ1) is 13.9. The van der Waals surface area contributed by atoms with Gasteiger partial charge in [-0.25, -0.2) is 0 Å². The summed E-state index contributed by atoms with van der Waals surface area (Å²) in [7, 11) is -4.31. The number of carbonyl (C=O) groups excluding carboxylic acids is 1. The molecule has 0 heterocycles. The van der Waals surface area contributed by atoms with Gasteiger partial charge in [0.05, 0.1) is 0 Å². The van der Waals surface area contributed by atoms with Crippen LogP contribution >= 0.6 is 0 Å². The summed E-state index contributed by atoms with van der Waals surface area (Å²) in [5, 5.41) is 0.828. The van der Waals surface area contributed by atoms with E-state index < -0.39 is 27.3 Å². The van der Waals surface area contributed by atoms with Crippen molar-refractivity contribution in [1.82, 2.24) is 5.32 Å². The fraction of sp³-hybridized carbons (Fsp3) is 0.444. The molecule has 15 heavy (non-hydrogen) atoms. The molecule has 0 aliphatic carbocycles. The number of nitrogens with one attached hydrogen (secondary N) is 1. The third-order valence-corrected chi connectivity index (χ3v) is 3.04. The van der Waals surface area contributed by atoms with E-state index in [2.05, 4.69) is 18.5 Å². The van der Waals surface area contributed by atoms with Crippen LogP contribution in [0, 0.1) is 5.92 Å². The number of hydrogen-bond acceptors (Lipinski definition) is 3. The molecule has 1 unspecified atom stereocenters. The second-order valence-corrected chi connectivity index (χ2v) is 4.92. The second kappa shape index (κ2) is 5.09. The van der Waals surface area contributed by atoms with Crippen LogP contribution in [0.25, 0.3) is 0 Å². The molecule has 2 N–H and O–H groups in total. The molecule has 0 fully saturated rings. The van der Waals surface area contributed by atoms with Gasteiger partial charge in [-0.05, 0) is 5.92 Å². The summed E-state index contributed by atoms with van der Waals surface area (Å²) >= 11 is 0. The Labute approximate surface area is 89.6 Å². The lowest BCUT2D eigenvalue weighted by atomic mass is 10.2. The second-order valence-electron chi connectivity index (χ2n) is 3.38. The fourth-order valence-electron chi connectivity index (χ4n) is 0.900. The molecule has 0 radical (unpaired) electrons. The largest absolute Gasteiger partial charge is 0.333 e. The summed E-state index contributed by atoms with van der Waals surface area (Å²) in [5.74, 6) is -1.11. The van der Waals surface area contributed by atoms with Crippen LogP contribution in [0.5, 0.6) is 0 Å². The van der Waals surface area contributed by atoms with Gasteiger partial charge in [0.1, 0.15) is 0 Å². The minimum Gasteiger partial charge on any atom is -0.333 e. The lowest BCUT2D eigenvalue weighted by Crippen LogP contribution is -2.44. The average molecular weight is 233 g/mol. The van der Waals surface area contributed by atoms with Gasteiger partial charge in [0, 0.05) is 5.57 Å². The van der Waals surface area contributed by atoms with Crippen molar-refractivity contribution in [3.05, 3.63) is 24.8 Å². The van der Waals surface area contributed by atoms with Crippen molar-refractivity contribution in [1.29, 1.82) is 0 Å². The number of hydrogen-bond donors (Lipinski definition) is 2. The van der Waals surface area contributed by atoms with Gasteiger partial charge in [0.15, 0.2) is 5.37 Å². The van der Waals surface area contributed by atoms with Crippen molar-refractivity contribution in [2.45, 2.75) is 19.2 Å². The normalized spacial score (nSPS) is 13.3. The quantitative estimate of drug-likeness (QED) is 0.416. The Kier molecular flexibility index (Phi) is 4.70. The Morgan fingerprint density at radius 2 is 1.93 bits per heavy atom. The maximum atomic E-state index is 11.3. The zero-order chi connectivity index (χ0) is 12.2. The maximum Gasteiger partial charge on any atom is 0.286 e. The Morgan fingerprint density at radius 1 is 1.47 bits per heavy atom. The Bertz CT molecular complexity index is 370. The zero-order valence-corrected chi connectivity index (χ0v) is 9.54. The highest BCUT2D eigenvalue weighted by molar-refractivity contribution is 7.86. The number of amides is 1. The Morgan fingerprint density at radius 3 is 2.20 bits per heavy atom. The highest BCUT2D eigenvalue weighted by Crippen LogP contribution is 2.08. The fourth-order valence-corrected chi connectivity index (χ4v) is 1.84. The average Bonchev–Trinajstić information content (AvgIpc) is 2.09. The molecule has 86 valence electrons. The Balaban J connectivity index is 4.80. The lowest BCUT2D eigenvalue weighted by Gasteiger charge is -2.19. The number of carbonyl (C=O) groups is 1. The smallest absolute Gasteiger partial charge is 0.286 e. The highest BCUT2D eigenvalue weighted by Gasteiger charge is 2.28. The van der Waals surface area contributed by atoms with Gasteiger partial charge >= 0.3 is 0 Å². The van der Waals surface area contributed by atoms with E-state index in [9.17, 15) is 13.2 Å². The van der Waals surface area contributed by atoms with Crippen molar-refractivity contribution >= 4 is 16.0 Å². The summed E-state index contributed by atoms with van der Waals surface area (Å²) in [6, 6.07) is 0. The monoisotopic (exact) mass is 233 g/mol. The molecule has 0 aromatic rings. The van der Waals surface area contributed by atoms with Crippen molar-refractivity contribution in [2.24, 2.45) is 5.92 Å². The van der Waals surface area contributed by atoms with E-state index in [0.717, 1.165) is 0 Å². The molecule has 0 spiro atoms. The number of rotatable bonds is 5. The van der Waals surface area contributed by atoms with Gasteiger partial charge in [0.25, 0.3) is 16.0 Å². The van der Waals surface area contributed by atoms with E-state index >= 15 is 0 Å². The molecule has 5 nitrogen and oxygen atoms in total. The van der Waals surface area contributed by atoms with Crippen LogP contribution in [0.1, 0.15) is 13.8 Å². The topological polar surface area (TPSA) is 83.5 Å². The van der Waals surface area contributed by atoms with Crippen molar-refractivity contribution < 1.29 is 17.8 Å². The van der Waals surface area contributed by atoms with Gasteiger partial charge in [-0.2, -0.15) is 8.42 Å². The summed E-state index contributed by atoms with van der Waals surface area (Å²) < 4.78 is 30.7. The molecular weight excluding hydrogens is 218 g/mol. The summed E-state index contributed by atoms with van der Waals surface area (Å²) in [6.45, 7) is 9.81. The molecule has 0 aliphatic rings. The highest BCUT2D eigenvalue weighted by atomic mass is 32.2. The van der Waals surface area contributed by atoms with Crippen LogP contribution < -0.4 is 5.32 Å². The van der Waals surface area contributed by atoms with E-state index in [1.807, 2.05) is 0 Å². The van der Waals surface area contributed by atoms with Gasteiger partial charge in [-0.3, -0.25) is 9.35 Å². The van der Waals surface area contributed by atoms with E-state index in [0.29, 0.717) is 0 Å². The molecular formula is C9H15NO4S. The third-order valence-electron chi connectivity index (χ3n) is 1.74. The first-order valence-corrected chi connectivity index (χ1v) is 5.79. The van der Waals surface area contributed by atoms with Crippen LogP contribution in [0.2, 0.25) is 0 Å². The SMILES string of the molecule is C=CC(=C)C(=O)NC(C(C)C)S(=O)(=O)O. The minimum absolute atomic E-state index is 0.0456. The zero-order valence-electron chi connectivity index (χ0n) is 8.73. The summed E-state index contributed by atoms with van der Waals surface area (Å²) in [4.78, 5) is 11.3. The minimum atomic E-state index is -4.31. The van der Waals surface area contributed by atoms with Crippen LogP contribution in [0.4, 0.5) is 0 Å². The van der Waals surface area contributed by atoms with Crippen LogP contribution in [-0.4, -0.2) is 24.3 Å². The Hall–Kier alpha value is -1.14. The van der Waals surface area contributed by atoms with Crippen LogP contribution in [0.15, 0.2) is 24.8 Å². The van der Waals surface area contributed by atoms with Crippen LogP contribution in [0.3, 0.4) is 0 Å². The molecule has 0 rings (SSSR count). The van der Waals surface area contributed by atoms with Gasteiger partial charge in [0.2, 0.25) is 0 Å². The standard InChI is InChI=1S/C9H15NO4S/c1-5-7(4)8(11)10-9(6(2)3)15(12,13)14/h5-6,9H,1,4H2,2-3H3,(H,10,11)(H,12,13,14). The summed E-state index contributed by atoms with van der Waals surface area (Å²) in [5.41, 5.74) is 0.0456. The molecule has 0 aromatic heterocycles. The molecule has 6 heteroatoms. The summed E-state index contributed by atoms with van der Waals surface area (Å²) in [6.07, 6.45) is 1.21. The molecule has 1 atom stereocenters. The van der Waals surface area contributed by atoms with E-state index in [4.69, 9.17) is 4.55 Å². The van der Waals surface area contributed by atoms with Crippen LogP contribution in [-0.2, 0) is 14.9 Å². The lowest BCUT2D eigenvalue weighted by molar-refractivity contribution is -0.117. The molecule has 0 aromatic carbocycles. The third kappa shape index (κ3) is 4.26. The molecule has 0 bridgehead atoms.